The van der Waals surface area contributed by atoms with Crippen LogP contribution in [0.1, 0.15) is 22.2 Å². The van der Waals surface area contributed by atoms with Crippen LogP contribution in [0.25, 0.3) is 0 Å². The molecule has 1 amide bonds. The molecule has 1 unspecified atom stereocenters. The van der Waals surface area contributed by atoms with Gasteiger partial charge in [0.05, 0.1) is 16.9 Å². The summed E-state index contributed by atoms with van der Waals surface area (Å²) < 4.78 is 0. The van der Waals surface area contributed by atoms with Gasteiger partial charge in [-0.2, -0.15) is 5.26 Å². The summed E-state index contributed by atoms with van der Waals surface area (Å²) in [5, 5.41) is 13.1. The highest BCUT2D eigenvalue weighted by Crippen LogP contribution is 2.14. The summed E-state index contributed by atoms with van der Waals surface area (Å²) in [6.45, 7) is 4.09. The fourth-order valence-corrected chi connectivity index (χ4v) is 1.82. The molecule has 0 fully saturated rings. The topological polar surface area (TPSA) is 52.9 Å². The lowest BCUT2D eigenvalue weighted by molar-refractivity contribution is 0.0954. The van der Waals surface area contributed by atoms with Gasteiger partial charge in [0.2, 0.25) is 0 Å². The maximum absolute atomic E-state index is 11.5. The number of hydrogen-bond donors (Lipinski definition) is 1. The molecular formula is C10H12N2OS. The summed E-state index contributed by atoms with van der Waals surface area (Å²) in [5.41, 5.74) is 0.983. The van der Waals surface area contributed by atoms with Gasteiger partial charge in [0.25, 0.3) is 5.91 Å². The van der Waals surface area contributed by atoms with Crippen LogP contribution in [0.3, 0.4) is 0 Å². The first-order valence-electron chi connectivity index (χ1n) is 4.37. The lowest BCUT2D eigenvalue weighted by Gasteiger charge is -2.04. The summed E-state index contributed by atoms with van der Waals surface area (Å²) in [5.74, 6) is -0.223. The van der Waals surface area contributed by atoms with Crippen LogP contribution >= 0.6 is 11.3 Å². The minimum atomic E-state index is -0.140. The molecule has 4 heteroatoms. The molecule has 0 aromatic carbocycles. The van der Waals surface area contributed by atoms with Crippen molar-refractivity contribution < 1.29 is 4.79 Å². The van der Waals surface area contributed by atoms with Crippen LogP contribution in [0, 0.1) is 24.2 Å². The number of carbonyl (C=O) groups excluding carboxylic acids is 1. The lowest BCUT2D eigenvalue weighted by atomic mass is 10.2. The van der Waals surface area contributed by atoms with Crippen LogP contribution in [0.5, 0.6) is 0 Å². The minimum absolute atomic E-state index is 0.0837. The Balaban J connectivity index is 2.53. The number of thiophene rings is 1. The Bertz CT molecular complexity index is 364. The molecule has 0 aliphatic heterocycles. The van der Waals surface area contributed by atoms with Crippen molar-refractivity contribution in [3.63, 3.8) is 0 Å². The molecule has 0 saturated carbocycles. The summed E-state index contributed by atoms with van der Waals surface area (Å²) in [6.07, 6.45) is 0. The quantitative estimate of drug-likeness (QED) is 0.825. The first-order chi connectivity index (χ1) is 6.65. The molecule has 0 aliphatic carbocycles. The van der Waals surface area contributed by atoms with Crippen LogP contribution in [0.2, 0.25) is 0 Å². The number of hydrogen-bond acceptors (Lipinski definition) is 3. The molecule has 0 spiro atoms. The number of carbonyl (C=O) groups is 1. The summed E-state index contributed by atoms with van der Waals surface area (Å²) in [6, 6.07) is 3.98. The zero-order chi connectivity index (χ0) is 10.6. The standard InChI is InChI=1S/C10H12N2OS/c1-7(5-11)6-12-10(13)9-8(2)3-4-14-9/h3-4,7H,6H2,1-2H3,(H,12,13). The SMILES string of the molecule is Cc1ccsc1C(=O)NCC(C)C#N. The Morgan fingerprint density at radius 2 is 2.50 bits per heavy atom. The molecule has 1 aromatic heterocycles. The predicted octanol–water partition coefficient (Wildman–Crippen LogP) is 1.95. The maximum Gasteiger partial charge on any atom is 0.261 e. The van der Waals surface area contributed by atoms with Crippen molar-refractivity contribution in [1.82, 2.24) is 5.32 Å². The van der Waals surface area contributed by atoms with Crippen molar-refractivity contribution in [1.29, 1.82) is 5.26 Å². The van der Waals surface area contributed by atoms with Crippen LogP contribution in [-0.2, 0) is 0 Å². The molecule has 1 atom stereocenters. The average molecular weight is 208 g/mol. The normalized spacial score (nSPS) is 11.8. The predicted molar refractivity (Wildman–Crippen MR) is 56.2 cm³/mol. The largest absolute Gasteiger partial charge is 0.350 e. The van der Waals surface area contributed by atoms with Crippen molar-refractivity contribution >= 4 is 17.2 Å². The molecule has 0 radical (unpaired) electrons. The van der Waals surface area contributed by atoms with Gasteiger partial charge in [-0.15, -0.1) is 11.3 Å². The van der Waals surface area contributed by atoms with E-state index in [2.05, 4.69) is 11.4 Å². The fourth-order valence-electron chi connectivity index (χ4n) is 0.977. The van der Waals surface area contributed by atoms with E-state index in [0.29, 0.717) is 6.54 Å². The first kappa shape index (κ1) is 10.7. The second-order valence-corrected chi connectivity index (χ2v) is 4.09. The number of amides is 1. The van der Waals surface area contributed by atoms with Crippen LogP contribution in [0.4, 0.5) is 0 Å². The maximum atomic E-state index is 11.5. The molecule has 0 bridgehead atoms. The highest BCUT2D eigenvalue weighted by atomic mass is 32.1. The molecule has 1 heterocycles. The van der Waals surface area contributed by atoms with E-state index in [1.807, 2.05) is 18.4 Å². The van der Waals surface area contributed by atoms with E-state index in [4.69, 9.17) is 5.26 Å². The number of rotatable bonds is 3. The van der Waals surface area contributed by atoms with E-state index in [9.17, 15) is 4.79 Å². The molecule has 1 rings (SSSR count). The van der Waals surface area contributed by atoms with Crippen molar-refractivity contribution in [3.8, 4) is 6.07 Å². The molecule has 74 valence electrons. The Labute approximate surface area is 87.4 Å². The van der Waals surface area contributed by atoms with Gasteiger partial charge in [0, 0.05) is 6.54 Å². The molecule has 0 aliphatic rings. The van der Waals surface area contributed by atoms with Crippen LogP contribution in [-0.4, -0.2) is 12.5 Å². The third-order valence-electron chi connectivity index (χ3n) is 1.86. The minimum Gasteiger partial charge on any atom is -0.350 e. The van der Waals surface area contributed by atoms with Gasteiger partial charge in [0.15, 0.2) is 0 Å². The van der Waals surface area contributed by atoms with E-state index in [0.717, 1.165) is 10.4 Å². The highest BCUT2D eigenvalue weighted by Gasteiger charge is 2.10. The van der Waals surface area contributed by atoms with Gasteiger partial charge in [-0.3, -0.25) is 4.79 Å². The van der Waals surface area contributed by atoms with E-state index in [1.165, 1.54) is 11.3 Å². The van der Waals surface area contributed by atoms with E-state index >= 15 is 0 Å². The van der Waals surface area contributed by atoms with Crippen molar-refractivity contribution in [2.24, 2.45) is 5.92 Å². The number of nitrogens with zero attached hydrogens (tertiary/aromatic N) is 1. The first-order valence-corrected chi connectivity index (χ1v) is 5.25. The zero-order valence-corrected chi connectivity index (χ0v) is 9.02. The number of aryl methyl sites for hydroxylation is 1. The van der Waals surface area contributed by atoms with Gasteiger partial charge in [-0.1, -0.05) is 0 Å². The van der Waals surface area contributed by atoms with E-state index < -0.39 is 0 Å². The average Bonchev–Trinajstić information content (AvgIpc) is 2.60. The second kappa shape index (κ2) is 4.77. The summed E-state index contributed by atoms with van der Waals surface area (Å²) in [7, 11) is 0. The van der Waals surface area contributed by atoms with E-state index in [-0.39, 0.29) is 11.8 Å². The smallest absolute Gasteiger partial charge is 0.261 e. The number of nitriles is 1. The number of nitrogens with one attached hydrogen (secondary N) is 1. The fraction of sp³-hybridized carbons (Fsp3) is 0.400. The van der Waals surface area contributed by atoms with Crippen molar-refractivity contribution in [2.45, 2.75) is 13.8 Å². The zero-order valence-electron chi connectivity index (χ0n) is 8.20. The summed E-state index contributed by atoms with van der Waals surface area (Å²) >= 11 is 1.42. The molecule has 14 heavy (non-hydrogen) atoms. The van der Waals surface area contributed by atoms with Gasteiger partial charge in [-0.05, 0) is 30.9 Å². The van der Waals surface area contributed by atoms with Crippen molar-refractivity contribution in [2.75, 3.05) is 6.54 Å². The third kappa shape index (κ3) is 2.57. The molecule has 1 N–H and O–H groups in total. The van der Waals surface area contributed by atoms with Gasteiger partial charge >= 0.3 is 0 Å². The van der Waals surface area contributed by atoms with Crippen LogP contribution < -0.4 is 5.32 Å². The van der Waals surface area contributed by atoms with E-state index in [1.54, 1.807) is 6.92 Å². The molecule has 1 aromatic rings. The second-order valence-electron chi connectivity index (χ2n) is 3.17. The Morgan fingerprint density at radius 3 is 3.00 bits per heavy atom. The summed E-state index contributed by atoms with van der Waals surface area (Å²) in [4.78, 5) is 12.3. The lowest BCUT2D eigenvalue weighted by Crippen LogP contribution is -2.27. The Morgan fingerprint density at radius 1 is 1.79 bits per heavy atom. The molecular weight excluding hydrogens is 196 g/mol. The van der Waals surface area contributed by atoms with Gasteiger partial charge in [-0.25, -0.2) is 0 Å². The Kier molecular flexibility index (Phi) is 3.66. The Hall–Kier alpha value is -1.34. The molecule has 3 nitrogen and oxygen atoms in total. The highest BCUT2D eigenvalue weighted by molar-refractivity contribution is 7.12. The van der Waals surface area contributed by atoms with Crippen LogP contribution in [0.15, 0.2) is 11.4 Å². The van der Waals surface area contributed by atoms with Gasteiger partial charge in [0.1, 0.15) is 0 Å². The third-order valence-corrected chi connectivity index (χ3v) is 2.87. The molecule has 0 saturated heterocycles. The van der Waals surface area contributed by atoms with Crippen molar-refractivity contribution in [3.05, 3.63) is 21.9 Å². The van der Waals surface area contributed by atoms with Gasteiger partial charge < -0.3 is 5.32 Å². The monoisotopic (exact) mass is 208 g/mol.